The Bertz CT molecular complexity index is 839. The average molecular weight is 389 g/mol. The molecule has 1 heterocycles. The van der Waals surface area contributed by atoms with E-state index < -0.39 is 0 Å². The molecular weight excluding hydrogens is 352 g/mol. The fourth-order valence-corrected chi connectivity index (χ4v) is 3.55. The molecule has 1 fully saturated rings. The number of benzene rings is 2. The second-order valence-electron chi connectivity index (χ2n) is 7.82. The Hall–Kier alpha value is -2.58. The molecule has 29 heavy (non-hydrogen) atoms. The number of hydrogen-bond donors (Lipinski definition) is 0. The van der Waals surface area contributed by atoms with E-state index in [0.29, 0.717) is 0 Å². The van der Waals surface area contributed by atoms with Crippen LogP contribution in [0.15, 0.2) is 79.4 Å². The van der Waals surface area contributed by atoms with Gasteiger partial charge in [0.15, 0.2) is 0 Å². The van der Waals surface area contributed by atoms with Crippen molar-refractivity contribution < 1.29 is 0 Å². The molecule has 0 unspecified atom stereocenters. The zero-order valence-electron chi connectivity index (χ0n) is 18.6. The smallest absolute Gasteiger partial charge is 0.0396 e. The number of para-hydroxylation sites is 1. The summed E-state index contributed by atoms with van der Waals surface area (Å²) in [5.74, 6) is 0. The minimum atomic E-state index is 0.969. The molecule has 2 aromatic carbocycles. The molecule has 0 radical (unpaired) electrons. The SMILES string of the molecule is C=C/C=C(\C=C)CN1CCN(c2ccccc2C)CC1.Cc1ccc(C)c(C)c1. The standard InChI is InChI=1S/C18H24N2.C9H12/c1-4-8-17(5-2)15-19-11-13-20(14-12-19)18-10-7-6-9-16(18)3;1-7-4-5-8(2)9(3)6-7/h4-10H,1-2,11-15H2,3H3;4-6H,1-3H3/b17-8+;. The molecule has 0 aliphatic carbocycles. The third-order valence-electron chi connectivity index (χ3n) is 5.49. The van der Waals surface area contributed by atoms with Crippen LogP contribution in [-0.4, -0.2) is 37.6 Å². The van der Waals surface area contributed by atoms with E-state index in [2.05, 4.69) is 93.1 Å². The average Bonchev–Trinajstić information content (AvgIpc) is 2.72. The maximum absolute atomic E-state index is 3.87. The first-order chi connectivity index (χ1) is 13.9. The van der Waals surface area contributed by atoms with Crippen molar-refractivity contribution in [2.75, 3.05) is 37.6 Å². The lowest BCUT2D eigenvalue weighted by molar-refractivity contribution is 0.280. The molecule has 0 atom stereocenters. The second kappa shape index (κ2) is 11.4. The van der Waals surface area contributed by atoms with Crippen LogP contribution in [0.4, 0.5) is 5.69 Å². The molecule has 0 bridgehead atoms. The number of rotatable bonds is 5. The van der Waals surface area contributed by atoms with Crippen molar-refractivity contribution in [2.24, 2.45) is 0 Å². The molecule has 1 aliphatic heterocycles. The first-order valence-corrected chi connectivity index (χ1v) is 10.5. The summed E-state index contributed by atoms with van der Waals surface area (Å²) >= 11 is 0. The maximum atomic E-state index is 3.87. The fourth-order valence-electron chi connectivity index (χ4n) is 3.55. The predicted molar refractivity (Wildman–Crippen MR) is 129 cm³/mol. The lowest BCUT2D eigenvalue weighted by Gasteiger charge is -2.37. The van der Waals surface area contributed by atoms with Gasteiger partial charge in [-0.05, 0) is 56.0 Å². The summed E-state index contributed by atoms with van der Waals surface area (Å²) < 4.78 is 0. The Balaban J connectivity index is 0.000000278. The Labute approximate surface area is 177 Å². The van der Waals surface area contributed by atoms with Crippen LogP contribution < -0.4 is 4.90 Å². The van der Waals surface area contributed by atoms with Gasteiger partial charge >= 0.3 is 0 Å². The zero-order chi connectivity index (χ0) is 21.2. The van der Waals surface area contributed by atoms with Gasteiger partial charge in [0.2, 0.25) is 0 Å². The van der Waals surface area contributed by atoms with E-state index in [9.17, 15) is 0 Å². The highest BCUT2D eigenvalue weighted by Gasteiger charge is 2.18. The predicted octanol–water partition coefficient (Wildman–Crippen LogP) is 6.03. The number of nitrogens with zero attached hydrogens (tertiary/aromatic N) is 2. The largest absolute Gasteiger partial charge is 0.369 e. The molecule has 0 aromatic heterocycles. The maximum Gasteiger partial charge on any atom is 0.0396 e. The Morgan fingerprint density at radius 1 is 0.862 bits per heavy atom. The van der Waals surface area contributed by atoms with Crippen LogP contribution in [0.3, 0.4) is 0 Å². The lowest BCUT2D eigenvalue weighted by atomic mass is 10.1. The van der Waals surface area contributed by atoms with Crippen LogP contribution >= 0.6 is 0 Å². The van der Waals surface area contributed by atoms with Gasteiger partial charge in [-0.2, -0.15) is 0 Å². The van der Waals surface area contributed by atoms with Gasteiger partial charge < -0.3 is 4.90 Å². The van der Waals surface area contributed by atoms with Gasteiger partial charge in [-0.15, -0.1) is 0 Å². The molecule has 0 amide bonds. The van der Waals surface area contributed by atoms with Crippen molar-refractivity contribution in [3.8, 4) is 0 Å². The highest BCUT2D eigenvalue weighted by molar-refractivity contribution is 5.53. The van der Waals surface area contributed by atoms with Crippen LogP contribution in [0.25, 0.3) is 0 Å². The Morgan fingerprint density at radius 2 is 1.55 bits per heavy atom. The summed E-state index contributed by atoms with van der Waals surface area (Å²) in [6.07, 6.45) is 5.80. The summed E-state index contributed by atoms with van der Waals surface area (Å²) in [6.45, 7) is 21.5. The molecule has 1 saturated heterocycles. The summed E-state index contributed by atoms with van der Waals surface area (Å²) in [5, 5.41) is 0. The van der Waals surface area contributed by atoms with Crippen LogP contribution in [0.5, 0.6) is 0 Å². The monoisotopic (exact) mass is 388 g/mol. The number of anilines is 1. The third-order valence-corrected chi connectivity index (χ3v) is 5.49. The number of allylic oxidation sites excluding steroid dienone is 2. The summed E-state index contributed by atoms with van der Waals surface area (Å²) in [4.78, 5) is 4.96. The minimum Gasteiger partial charge on any atom is -0.369 e. The van der Waals surface area contributed by atoms with E-state index in [4.69, 9.17) is 0 Å². The van der Waals surface area contributed by atoms with Gasteiger partial charge in [0.05, 0.1) is 0 Å². The van der Waals surface area contributed by atoms with Gasteiger partial charge in [-0.1, -0.05) is 73.3 Å². The Kier molecular flexibility index (Phi) is 8.95. The minimum absolute atomic E-state index is 0.969. The Morgan fingerprint density at radius 3 is 2.10 bits per heavy atom. The van der Waals surface area contributed by atoms with Crippen LogP contribution in [0.1, 0.15) is 22.3 Å². The van der Waals surface area contributed by atoms with Gasteiger partial charge in [0, 0.05) is 38.4 Å². The molecule has 1 aliphatic rings. The first kappa shape index (κ1) is 22.7. The van der Waals surface area contributed by atoms with Crippen molar-refractivity contribution in [1.82, 2.24) is 4.90 Å². The summed E-state index contributed by atoms with van der Waals surface area (Å²) in [5.41, 5.74) is 8.08. The van der Waals surface area contributed by atoms with E-state index in [0.717, 1.165) is 32.7 Å². The van der Waals surface area contributed by atoms with E-state index >= 15 is 0 Å². The van der Waals surface area contributed by atoms with Crippen molar-refractivity contribution in [3.63, 3.8) is 0 Å². The lowest BCUT2D eigenvalue weighted by Crippen LogP contribution is -2.47. The highest BCUT2D eigenvalue weighted by atomic mass is 15.3. The number of aryl methyl sites for hydroxylation is 4. The van der Waals surface area contributed by atoms with Crippen molar-refractivity contribution in [3.05, 3.63) is 102 Å². The fraction of sp³-hybridized carbons (Fsp3) is 0.333. The molecule has 0 N–H and O–H groups in total. The topological polar surface area (TPSA) is 6.48 Å². The van der Waals surface area contributed by atoms with Gasteiger partial charge in [-0.3, -0.25) is 4.90 Å². The van der Waals surface area contributed by atoms with E-state index in [1.807, 2.05) is 18.2 Å². The summed E-state index contributed by atoms with van der Waals surface area (Å²) in [6, 6.07) is 15.1. The van der Waals surface area contributed by atoms with Crippen molar-refractivity contribution >= 4 is 5.69 Å². The number of hydrogen-bond acceptors (Lipinski definition) is 2. The van der Waals surface area contributed by atoms with Crippen LogP contribution in [0.2, 0.25) is 0 Å². The molecule has 2 aromatic rings. The molecule has 3 rings (SSSR count). The first-order valence-electron chi connectivity index (χ1n) is 10.5. The zero-order valence-corrected chi connectivity index (χ0v) is 18.6. The van der Waals surface area contributed by atoms with Gasteiger partial charge in [0.25, 0.3) is 0 Å². The molecule has 2 heteroatoms. The molecular formula is C27H36N2. The normalized spacial score (nSPS) is 14.8. The highest BCUT2D eigenvalue weighted by Crippen LogP contribution is 2.21. The van der Waals surface area contributed by atoms with Gasteiger partial charge in [0.1, 0.15) is 0 Å². The molecule has 2 nitrogen and oxygen atoms in total. The van der Waals surface area contributed by atoms with E-state index in [1.54, 1.807) is 0 Å². The summed E-state index contributed by atoms with van der Waals surface area (Å²) in [7, 11) is 0. The van der Waals surface area contributed by atoms with Crippen molar-refractivity contribution in [1.29, 1.82) is 0 Å². The number of piperazine rings is 1. The van der Waals surface area contributed by atoms with Crippen molar-refractivity contribution in [2.45, 2.75) is 27.7 Å². The van der Waals surface area contributed by atoms with E-state index in [1.165, 1.54) is 33.5 Å². The second-order valence-corrected chi connectivity index (χ2v) is 7.82. The van der Waals surface area contributed by atoms with Crippen LogP contribution in [-0.2, 0) is 0 Å². The molecule has 0 saturated carbocycles. The molecule has 0 spiro atoms. The molecule has 154 valence electrons. The third kappa shape index (κ3) is 7.07. The van der Waals surface area contributed by atoms with Gasteiger partial charge in [-0.25, -0.2) is 0 Å². The van der Waals surface area contributed by atoms with E-state index in [-0.39, 0.29) is 0 Å². The van der Waals surface area contributed by atoms with Crippen LogP contribution in [0, 0.1) is 27.7 Å². The quantitative estimate of drug-likeness (QED) is 0.577.